The highest BCUT2D eigenvalue weighted by atomic mass is 127. The minimum Gasteiger partial charge on any atom is -0.376 e. The molecule has 1 amide bonds. The lowest BCUT2D eigenvalue weighted by atomic mass is 9.98. The smallest absolute Gasteiger partial charge is 0.251 e. The van der Waals surface area contributed by atoms with Gasteiger partial charge in [-0.3, -0.25) is 4.79 Å². The SMILES string of the molecule is O=C(NCCOC1CCCCC1)c1ccc(I)cc1. The minimum absolute atomic E-state index is 0.0244. The lowest BCUT2D eigenvalue weighted by Crippen LogP contribution is -2.29. The van der Waals surface area contributed by atoms with Gasteiger partial charge in [0, 0.05) is 15.7 Å². The van der Waals surface area contributed by atoms with Crippen LogP contribution in [0.25, 0.3) is 0 Å². The molecular formula is C15H20INO2. The molecule has 0 aromatic heterocycles. The van der Waals surface area contributed by atoms with Crippen molar-refractivity contribution in [2.24, 2.45) is 0 Å². The molecule has 0 radical (unpaired) electrons. The van der Waals surface area contributed by atoms with Gasteiger partial charge in [-0.1, -0.05) is 19.3 Å². The van der Waals surface area contributed by atoms with Gasteiger partial charge in [0.05, 0.1) is 12.7 Å². The quantitative estimate of drug-likeness (QED) is 0.635. The first-order valence-corrected chi connectivity index (χ1v) is 7.99. The van der Waals surface area contributed by atoms with E-state index >= 15 is 0 Å². The van der Waals surface area contributed by atoms with Crippen LogP contribution < -0.4 is 5.32 Å². The number of carbonyl (C=O) groups is 1. The molecule has 0 bridgehead atoms. The van der Waals surface area contributed by atoms with E-state index in [-0.39, 0.29) is 5.91 Å². The summed E-state index contributed by atoms with van der Waals surface area (Å²) < 4.78 is 6.91. The fourth-order valence-corrected chi connectivity index (χ4v) is 2.68. The first-order chi connectivity index (χ1) is 9.25. The van der Waals surface area contributed by atoms with Crippen LogP contribution in [0.5, 0.6) is 0 Å². The van der Waals surface area contributed by atoms with Gasteiger partial charge in [0.25, 0.3) is 5.91 Å². The zero-order chi connectivity index (χ0) is 13.5. The molecule has 0 spiro atoms. The molecule has 1 aliphatic rings. The molecule has 0 heterocycles. The average molecular weight is 373 g/mol. The molecule has 104 valence electrons. The highest BCUT2D eigenvalue weighted by Gasteiger charge is 2.13. The van der Waals surface area contributed by atoms with Crippen LogP contribution in [0.2, 0.25) is 0 Å². The number of carbonyl (C=O) groups excluding carboxylic acids is 1. The molecule has 1 aromatic carbocycles. The van der Waals surface area contributed by atoms with Crippen molar-refractivity contribution < 1.29 is 9.53 Å². The average Bonchev–Trinajstić information content (AvgIpc) is 2.45. The van der Waals surface area contributed by atoms with Gasteiger partial charge in [-0.15, -0.1) is 0 Å². The Hall–Kier alpha value is -0.620. The number of amides is 1. The molecule has 1 N–H and O–H groups in total. The number of hydrogen-bond donors (Lipinski definition) is 1. The molecule has 19 heavy (non-hydrogen) atoms. The van der Waals surface area contributed by atoms with Crippen molar-refractivity contribution in [2.75, 3.05) is 13.2 Å². The van der Waals surface area contributed by atoms with Gasteiger partial charge in [-0.25, -0.2) is 0 Å². The van der Waals surface area contributed by atoms with E-state index in [0.717, 1.165) is 3.57 Å². The molecule has 2 rings (SSSR count). The second kappa shape index (κ2) is 7.85. The van der Waals surface area contributed by atoms with Crippen LogP contribution in [-0.2, 0) is 4.74 Å². The Morgan fingerprint density at radius 2 is 1.89 bits per heavy atom. The zero-order valence-corrected chi connectivity index (χ0v) is 13.2. The van der Waals surface area contributed by atoms with Crippen LogP contribution in [0.4, 0.5) is 0 Å². The monoisotopic (exact) mass is 373 g/mol. The van der Waals surface area contributed by atoms with Crippen LogP contribution >= 0.6 is 22.6 Å². The van der Waals surface area contributed by atoms with Gasteiger partial charge in [0.1, 0.15) is 0 Å². The summed E-state index contributed by atoms with van der Waals surface area (Å²) in [6, 6.07) is 7.57. The first-order valence-electron chi connectivity index (χ1n) is 6.91. The Bertz CT molecular complexity index is 399. The molecular weight excluding hydrogens is 353 g/mol. The normalized spacial score (nSPS) is 16.3. The Kier molecular flexibility index (Phi) is 6.10. The summed E-state index contributed by atoms with van der Waals surface area (Å²) in [5.74, 6) is -0.0244. The Balaban J connectivity index is 1.64. The number of rotatable bonds is 5. The van der Waals surface area contributed by atoms with Gasteiger partial charge >= 0.3 is 0 Å². The molecule has 1 fully saturated rings. The second-order valence-electron chi connectivity index (χ2n) is 4.89. The van der Waals surface area contributed by atoms with E-state index in [2.05, 4.69) is 27.9 Å². The topological polar surface area (TPSA) is 38.3 Å². The summed E-state index contributed by atoms with van der Waals surface area (Å²) in [5, 5.41) is 2.89. The van der Waals surface area contributed by atoms with Gasteiger partial charge in [0.2, 0.25) is 0 Å². The summed E-state index contributed by atoms with van der Waals surface area (Å²) in [7, 11) is 0. The van der Waals surface area contributed by atoms with Crippen molar-refractivity contribution >= 4 is 28.5 Å². The van der Waals surface area contributed by atoms with E-state index in [0.29, 0.717) is 24.8 Å². The molecule has 1 saturated carbocycles. The molecule has 1 aromatic rings. The molecule has 0 unspecified atom stereocenters. The van der Waals surface area contributed by atoms with Crippen LogP contribution in [0.1, 0.15) is 42.5 Å². The predicted octanol–water partition coefficient (Wildman–Crippen LogP) is 3.37. The number of ether oxygens (including phenoxy) is 1. The van der Waals surface area contributed by atoms with E-state index in [1.165, 1.54) is 32.1 Å². The maximum atomic E-state index is 11.8. The highest BCUT2D eigenvalue weighted by Crippen LogP contribution is 2.19. The van der Waals surface area contributed by atoms with E-state index < -0.39 is 0 Å². The summed E-state index contributed by atoms with van der Waals surface area (Å²) in [5.41, 5.74) is 0.707. The van der Waals surface area contributed by atoms with Gasteiger partial charge < -0.3 is 10.1 Å². The van der Waals surface area contributed by atoms with E-state index in [1.54, 1.807) is 0 Å². The van der Waals surface area contributed by atoms with Crippen LogP contribution in [0, 0.1) is 3.57 Å². The maximum absolute atomic E-state index is 11.8. The Morgan fingerprint density at radius 3 is 2.58 bits per heavy atom. The highest BCUT2D eigenvalue weighted by molar-refractivity contribution is 14.1. The van der Waals surface area contributed by atoms with Crippen LogP contribution in [0.3, 0.4) is 0 Å². The third kappa shape index (κ3) is 5.10. The minimum atomic E-state index is -0.0244. The molecule has 3 nitrogen and oxygen atoms in total. The summed E-state index contributed by atoms with van der Waals surface area (Å²) in [6.45, 7) is 1.20. The van der Waals surface area contributed by atoms with Crippen molar-refractivity contribution in [3.63, 3.8) is 0 Å². The Labute approximate surface area is 128 Å². The molecule has 4 heteroatoms. The lowest BCUT2D eigenvalue weighted by Gasteiger charge is -2.21. The van der Waals surface area contributed by atoms with Crippen LogP contribution in [0.15, 0.2) is 24.3 Å². The number of benzene rings is 1. The van der Waals surface area contributed by atoms with Gasteiger partial charge in [0.15, 0.2) is 0 Å². The van der Waals surface area contributed by atoms with Crippen molar-refractivity contribution in [1.29, 1.82) is 0 Å². The molecule has 0 atom stereocenters. The summed E-state index contributed by atoms with van der Waals surface area (Å²) in [4.78, 5) is 11.8. The third-order valence-corrected chi connectivity index (χ3v) is 4.12. The lowest BCUT2D eigenvalue weighted by molar-refractivity contribution is 0.0299. The van der Waals surface area contributed by atoms with Gasteiger partial charge in [-0.2, -0.15) is 0 Å². The van der Waals surface area contributed by atoms with Crippen molar-refractivity contribution in [3.05, 3.63) is 33.4 Å². The summed E-state index contributed by atoms with van der Waals surface area (Å²) in [6.07, 6.45) is 6.64. The van der Waals surface area contributed by atoms with E-state index in [1.807, 2.05) is 24.3 Å². The van der Waals surface area contributed by atoms with Gasteiger partial charge in [-0.05, 0) is 59.7 Å². The second-order valence-corrected chi connectivity index (χ2v) is 6.14. The fourth-order valence-electron chi connectivity index (χ4n) is 2.33. The third-order valence-electron chi connectivity index (χ3n) is 3.40. The number of nitrogens with one attached hydrogen (secondary N) is 1. The molecule has 0 aliphatic heterocycles. The fraction of sp³-hybridized carbons (Fsp3) is 0.533. The number of hydrogen-bond acceptors (Lipinski definition) is 2. The van der Waals surface area contributed by atoms with E-state index in [9.17, 15) is 4.79 Å². The predicted molar refractivity (Wildman–Crippen MR) is 84.3 cm³/mol. The molecule has 1 aliphatic carbocycles. The Morgan fingerprint density at radius 1 is 1.21 bits per heavy atom. The van der Waals surface area contributed by atoms with Crippen molar-refractivity contribution in [2.45, 2.75) is 38.2 Å². The van der Waals surface area contributed by atoms with Crippen molar-refractivity contribution in [1.82, 2.24) is 5.32 Å². The van der Waals surface area contributed by atoms with E-state index in [4.69, 9.17) is 4.74 Å². The van der Waals surface area contributed by atoms with Crippen molar-refractivity contribution in [3.8, 4) is 0 Å². The maximum Gasteiger partial charge on any atom is 0.251 e. The largest absolute Gasteiger partial charge is 0.376 e. The molecule has 0 saturated heterocycles. The van der Waals surface area contributed by atoms with Crippen LogP contribution in [-0.4, -0.2) is 25.2 Å². The summed E-state index contributed by atoms with van der Waals surface area (Å²) >= 11 is 2.23. The zero-order valence-electron chi connectivity index (χ0n) is 11.0. The first kappa shape index (κ1) is 14.8. The number of halogens is 1. The standard InChI is InChI=1S/C15H20INO2/c16-13-8-6-12(7-9-13)15(18)17-10-11-19-14-4-2-1-3-5-14/h6-9,14H,1-5,10-11H2,(H,17,18).